The first-order valence-corrected chi connectivity index (χ1v) is 7.92. The highest BCUT2D eigenvalue weighted by Gasteiger charge is 2.16. The number of likely N-dealkylation sites (tertiary alicyclic amines) is 1. The van der Waals surface area contributed by atoms with Crippen molar-refractivity contribution in [2.45, 2.75) is 38.9 Å². The highest BCUT2D eigenvalue weighted by molar-refractivity contribution is 7.79. The van der Waals surface area contributed by atoms with Crippen LogP contribution in [0.5, 0.6) is 0 Å². The highest BCUT2D eigenvalue weighted by Crippen LogP contribution is 2.21. The lowest BCUT2D eigenvalue weighted by Crippen LogP contribution is -2.34. The van der Waals surface area contributed by atoms with E-state index in [9.17, 15) is 0 Å². The summed E-state index contributed by atoms with van der Waals surface area (Å²) in [4.78, 5) is 8.53. The van der Waals surface area contributed by atoms with Gasteiger partial charge in [-0.25, -0.2) is 4.98 Å². The standard InChI is InChI=1S/C13H22N2S2/c1-10-3-6-15(7-4-10)8-5-13-14-11(2)12(9-16)17-13/h10,16H,3-9H2,1-2H3. The largest absolute Gasteiger partial charge is 0.303 e. The maximum absolute atomic E-state index is 4.62. The molecule has 0 aliphatic carbocycles. The van der Waals surface area contributed by atoms with Crippen molar-refractivity contribution < 1.29 is 0 Å². The van der Waals surface area contributed by atoms with Gasteiger partial charge in [-0.15, -0.1) is 11.3 Å². The summed E-state index contributed by atoms with van der Waals surface area (Å²) in [5.74, 6) is 1.74. The Morgan fingerprint density at radius 2 is 2.12 bits per heavy atom. The van der Waals surface area contributed by atoms with Gasteiger partial charge in [0.1, 0.15) is 0 Å². The molecule has 4 heteroatoms. The normalized spacial score (nSPS) is 18.8. The molecule has 0 atom stereocenters. The van der Waals surface area contributed by atoms with E-state index in [0.717, 1.165) is 18.1 Å². The lowest BCUT2D eigenvalue weighted by Gasteiger charge is -2.29. The van der Waals surface area contributed by atoms with E-state index in [1.165, 1.54) is 48.1 Å². The Labute approximate surface area is 114 Å². The third-order valence-electron chi connectivity index (χ3n) is 3.60. The molecule has 1 aliphatic heterocycles. The van der Waals surface area contributed by atoms with Gasteiger partial charge in [0.2, 0.25) is 0 Å². The van der Waals surface area contributed by atoms with Crippen molar-refractivity contribution in [3.63, 3.8) is 0 Å². The molecule has 0 saturated carbocycles. The average molecular weight is 270 g/mol. The topological polar surface area (TPSA) is 16.1 Å². The van der Waals surface area contributed by atoms with Crippen LogP contribution < -0.4 is 0 Å². The number of nitrogens with zero attached hydrogens (tertiary/aromatic N) is 2. The molecule has 2 nitrogen and oxygen atoms in total. The van der Waals surface area contributed by atoms with Crippen molar-refractivity contribution in [3.8, 4) is 0 Å². The fourth-order valence-electron chi connectivity index (χ4n) is 2.28. The molecular weight excluding hydrogens is 248 g/mol. The molecule has 2 heterocycles. The number of thiazole rings is 1. The third-order valence-corrected chi connectivity index (χ3v) is 5.35. The van der Waals surface area contributed by atoms with Crippen molar-refractivity contribution in [2.75, 3.05) is 19.6 Å². The zero-order valence-corrected chi connectivity index (χ0v) is 12.5. The molecule has 1 aromatic heterocycles. The molecular formula is C13H22N2S2. The van der Waals surface area contributed by atoms with Crippen LogP contribution >= 0.6 is 24.0 Å². The minimum Gasteiger partial charge on any atom is -0.303 e. The third kappa shape index (κ3) is 3.70. The Bertz CT molecular complexity index is 354. The number of aryl methyl sites for hydroxylation is 1. The summed E-state index contributed by atoms with van der Waals surface area (Å²) in [6.45, 7) is 8.16. The van der Waals surface area contributed by atoms with E-state index in [1.54, 1.807) is 0 Å². The van der Waals surface area contributed by atoms with Crippen LogP contribution in [0.15, 0.2) is 0 Å². The van der Waals surface area contributed by atoms with E-state index < -0.39 is 0 Å². The summed E-state index contributed by atoms with van der Waals surface area (Å²) in [7, 11) is 0. The van der Waals surface area contributed by atoms with Crippen molar-refractivity contribution >= 4 is 24.0 Å². The quantitative estimate of drug-likeness (QED) is 0.846. The monoisotopic (exact) mass is 270 g/mol. The molecule has 0 N–H and O–H groups in total. The van der Waals surface area contributed by atoms with Gasteiger partial charge >= 0.3 is 0 Å². The van der Waals surface area contributed by atoms with Gasteiger partial charge in [-0.2, -0.15) is 12.6 Å². The van der Waals surface area contributed by atoms with E-state index in [-0.39, 0.29) is 0 Å². The molecule has 0 amide bonds. The van der Waals surface area contributed by atoms with Crippen molar-refractivity contribution in [2.24, 2.45) is 5.92 Å². The fourth-order valence-corrected chi connectivity index (χ4v) is 3.62. The van der Waals surface area contributed by atoms with Crippen LogP contribution in [0.4, 0.5) is 0 Å². The minimum absolute atomic E-state index is 0.824. The Morgan fingerprint density at radius 1 is 1.41 bits per heavy atom. The maximum atomic E-state index is 4.62. The summed E-state index contributed by atoms with van der Waals surface area (Å²) in [6, 6.07) is 0. The molecule has 0 spiro atoms. The van der Waals surface area contributed by atoms with Gasteiger partial charge < -0.3 is 4.90 Å². The molecule has 0 bridgehead atoms. The second-order valence-corrected chi connectivity index (χ2v) is 6.53. The second kappa shape index (κ2) is 6.21. The molecule has 2 rings (SSSR count). The molecule has 96 valence electrons. The first kappa shape index (κ1) is 13.4. The minimum atomic E-state index is 0.824. The number of piperidine rings is 1. The van der Waals surface area contributed by atoms with Crippen LogP contribution in [0.3, 0.4) is 0 Å². The summed E-state index contributed by atoms with van der Waals surface area (Å²) in [5, 5.41) is 1.28. The van der Waals surface area contributed by atoms with E-state index in [1.807, 2.05) is 11.3 Å². The fraction of sp³-hybridized carbons (Fsp3) is 0.769. The van der Waals surface area contributed by atoms with Crippen LogP contribution in [0, 0.1) is 12.8 Å². The molecule has 1 saturated heterocycles. The molecule has 0 unspecified atom stereocenters. The SMILES string of the molecule is Cc1nc(CCN2CCC(C)CC2)sc1CS. The van der Waals surface area contributed by atoms with Gasteiger partial charge in [0.05, 0.1) is 10.7 Å². The number of rotatable bonds is 4. The second-order valence-electron chi connectivity index (χ2n) is 5.05. The van der Waals surface area contributed by atoms with E-state index in [0.29, 0.717) is 0 Å². The predicted octanol–water partition coefficient (Wildman–Crippen LogP) is 3.16. The molecule has 1 aromatic rings. The zero-order chi connectivity index (χ0) is 12.3. The Balaban J connectivity index is 1.81. The van der Waals surface area contributed by atoms with Crippen LogP contribution in [-0.4, -0.2) is 29.5 Å². The Kier molecular flexibility index (Phi) is 4.88. The lowest BCUT2D eigenvalue weighted by atomic mass is 9.99. The average Bonchev–Trinajstić information content (AvgIpc) is 2.69. The van der Waals surface area contributed by atoms with Crippen LogP contribution in [0.25, 0.3) is 0 Å². The Hall–Kier alpha value is -0.0600. The molecule has 1 fully saturated rings. The first-order valence-electron chi connectivity index (χ1n) is 6.47. The molecule has 0 radical (unpaired) electrons. The predicted molar refractivity (Wildman–Crippen MR) is 78.1 cm³/mol. The van der Waals surface area contributed by atoms with Gasteiger partial charge in [-0.3, -0.25) is 0 Å². The van der Waals surface area contributed by atoms with E-state index >= 15 is 0 Å². The van der Waals surface area contributed by atoms with Crippen molar-refractivity contribution in [1.82, 2.24) is 9.88 Å². The van der Waals surface area contributed by atoms with Crippen LogP contribution in [0.2, 0.25) is 0 Å². The summed E-state index contributed by atoms with van der Waals surface area (Å²) < 4.78 is 0. The lowest BCUT2D eigenvalue weighted by molar-refractivity contribution is 0.194. The summed E-state index contributed by atoms with van der Waals surface area (Å²) in [5.41, 5.74) is 1.17. The van der Waals surface area contributed by atoms with Gasteiger partial charge in [0.25, 0.3) is 0 Å². The van der Waals surface area contributed by atoms with Crippen molar-refractivity contribution in [3.05, 3.63) is 15.6 Å². The van der Waals surface area contributed by atoms with Crippen molar-refractivity contribution in [1.29, 1.82) is 0 Å². The number of hydrogen-bond donors (Lipinski definition) is 1. The Morgan fingerprint density at radius 3 is 2.71 bits per heavy atom. The number of aromatic nitrogens is 1. The first-order chi connectivity index (χ1) is 8.19. The van der Waals surface area contributed by atoms with Crippen LogP contribution in [0.1, 0.15) is 35.3 Å². The highest BCUT2D eigenvalue weighted by atomic mass is 32.1. The smallest absolute Gasteiger partial charge is 0.0944 e. The summed E-state index contributed by atoms with van der Waals surface area (Å²) >= 11 is 6.17. The van der Waals surface area contributed by atoms with Crippen LogP contribution in [-0.2, 0) is 12.2 Å². The van der Waals surface area contributed by atoms with Gasteiger partial charge in [-0.05, 0) is 38.8 Å². The zero-order valence-electron chi connectivity index (χ0n) is 10.8. The number of hydrogen-bond acceptors (Lipinski definition) is 4. The van der Waals surface area contributed by atoms with Gasteiger partial charge in [0, 0.05) is 23.6 Å². The van der Waals surface area contributed by atoms with E-state index in [2.05, 4.69) is 36.4 Å². The molecule has 0 aromatic carbocycles. The van der Waals surface area contributed by atoms with Gasteiger partial charge in [-0.1, -0.05) is 6.92 Å². The molecule has 17 heavy (non-hydrogen) atoms. The number of thiol groups is 1. The van der Waals surface area contributed by atoms with E-state index in [4.69, 9.17) is 0 Å². The molecule has 1 aliphatic rings. The summed E-state index contributed by atoms with van der Waals surface area (Å²) in [6.07, 6.45) is 3.82. The van der Waals surface area contributed by atoms with Gasteiger partial charge in [0.15, 0.2) is 0 Å². The maximum Gasteiger partial charge on any atom is 0.0944 e.